The number of hydrogen-bond acceptors (Lipinski definition) is 5. The van der Waals surface area contributed by atoms with Crippen LogP contribution in [0.4, 0.5) is 5.82 Å². The lowest BCUT2D eigenvalue weighted by molar-refractivity contribution is 0.645. The van der Waals surface area contributed by atoms with Gasteiger partial charge in [-0.2, -0.15) is 5.10 Å². The largest absolute Gasteiger partial charge is 0.368 e. The van der Waals surface area contributed by atoms with Gasteiger partial charge in [-0.25, -0.2) is 9.97 Å². The van der Waals surface area contributed by atoms with Crippen molar-refractivity contribution in [1.82, 2.24) is 30.4 Å². The molecule has 2 aromatic carbocycles. The van der Waals surface area contributed by atoms with E-state index in [0.717, 1.165) is 35.8 Å². The summed E-state index contributed by atoms with van der Waals surface area (Å²) in [4.78, 5) is 13.0. The second-order valence-corrected chi connectivity index (χ2v) is 7.83. The molecule has 0 fully saturated rings. The van der Waals surface area contributed by atoms with Gasteiger partial charge < -0.3 is 16.0 Å². The van der Waals surface area contributed by atoms with Crippen molar-refractivity contribution < 1.29 is 0 Å². The van der Waals surface area contributed by atoms with Crippen LogP contribution in [-0.2, 0) is 13.5 Å². The first kappa shape index (κ1) is 25.4. The number of nitrogens with one attached hydrogen (secondary N) is 3. The van der Waals surface area contributed by atoms with E-state index in [-0.39, 0.29) is 24.0 Å². The van der Waals surface area contributed by atoms with E-state index in [1.165, 1.54) is 11.1 Å². The summed E-state index contributed by atoms with van der Waals surface area (Å²) >= 11 is 0. The zero-order valence-electron chi connectivity index (χ0n) is 19.5. The Labute approximate surface area is 217 Å². The monoisotopic (exact) mass is 570 g/mol. The van der Waals surface area contributed by atoms with Gasteiger partial charge in [0.05, 0.1) is 11.6 Å². The Morgan fingerprint density at radius 1 is 0.971 bits per heavy atom. The molecule has 3 N–H and O–H groups in total. The molecule has 0 radical (unpaired) electrons. The SMILES string of the molecule is CN=C(NCCNc1ncnc2c1cnn2C)NCC(Cc1ccccc1)c1ccccc1.I. The van der Waals surface area contributed by atoms with Crippen LogP contribution in [0.15, 0.2) is 78.2 Å². The zero-order chi connectivity index (χ0) is 22.9. The van der Waals surface area contributed by atoms with Crippen LogP contribution in [0.2, 0.25) is 0 Å². The fourth-order valence-electron chi connectivity index (χ4n) is 3.84. The van der Waals surface area contributed by atoms with E-state index in [1.54, 1.807) is 24.3 Å². The summed E-state index contributed by atoms with van der Waals surface area (Å²) < 4.78 is 1.74. The van der Waals surface area contributed by atoms with Crippen LogP contribution in [0.25, 0.3) is 11.0 Å². The third kappa shape index (κ3) is 6.66. The third-order valence-corrected chi connectivity index (χ3v) is 5.57. The predicted octanol–water partition coefficient (Wildman–Crippen LogP) is 3.58. The fraction of sp³-hybridized carbons (Fsp3) is 0.280. The molecule has 2 aromatic heterocycles. The van der Waals surface area contributed by atoms with Crippen LogP contribution in [-0.4, -0.2) is 52.4 Å². The van der Waals surface area contributed by atoms with Gasteiger partial charge in [-0.05, 0) is 17.5 Å². The average molecular weight is 570 g/mol. The maximum absolute atomic E-state index is 4.39. The number of benzene rings is 2. The Morgan fingerprint density at radius 2 is 1.71 bits per heavy atom. The normalized spacial score (nSPS) is 12.1. The quantitative estimate of drug-likeness (QED) is 0.123. The molecule has 0 aliphatic heterocycles. The van der Waals surface area contributed by atoms with Crippen molar-refractivity contribution in [2.24, 2.45) is 12.0 Å². The second-order valence-electron chi connectivity index (χ2n) is 7.83. The fourth-order valence-corrected chi connectivity index (χ4v) is 3.84. The molecule has 178 valence electrons. The Bertz CT molecular complexity index is 1180. The molecule has 9 heteroatoms. The lowest BCUT2D eigenvalue weighted by Gasteiger charge is -2.20. The topological polar surface area (TPSA) is 92.1 Å². The van der Waals surface area contributed by atoms with Crippen LogP contribution in [0.5, 0.6) is 0 Å². The first-order valence-corrected chi connectivity index (χ1v) is 11.1. The smallest absolute Gasteiger partial charge is 0.191 e. The molecule has 2 heterocycles. The molecule has 0 saturated heterocycles. The highest BCUT2D eigenvalue weighted by atomic mass is 127. The minimum Gasteiger partial charge on any atom is -0.368 e. The van der Waals surface area contributed by atoms with Crippen LogP contribution < -0.4 is 16.0 Å². The van der Waals surface area contributed by atoms with Crippen molar-refractivity contribution in [3.05, 3.63) is 84.3 Å². The molecule has 0 bridgehead atoms. The number of nitrogens with zero attached hydrogens (tertiary/aromatic N) is 5. The van der Waals surface area contributed by atoms with Gasteiger partial charge in [-0.15, -0.1) is 24.0 Å². The van der Waals surface area contributed by atoms with Gasteiger partial charge in [-0.1, -0.05) is 60.7 Å². The van der Waals surface area contributed by atoms with Crippen molar-refractivity contribution in [2.45, 2.75) is 12.3 Å². The molecule has 1 atom stereocenters. The Balaban J connectivity index is 0.00000324. The molecule has 4 aromatic rings. The van der Waals surface area contributed by atoms with Gasteiger partial charge in [0.1, 0.15) is 12.1 Å². The summed E-state index contributed by atoms with van der Waals surface area (Å²) in [6, 6.07) is 21.2. The summed E-state index contributed by atoms with van der Waals surface area (Å²) in [5, 5.41) is 15.4. The molecular weight excluding hydrogens is 539 g/mol. The molecule has 0 amide bonds. The van der Waals surface area contributed by atoms with E-state index in [9.17, 15) is 0 Å². The Hall–Kier alpha value is -3.21. The summed E-state index contributed by atoms with van der Waals surface area (Å²) in [6.07, 6.45) is 4.30. The highest BCUT2D eigenvalue weighted by Crippen LogP contribution is 2.20. The van der Waals surface area contributed by atoms with E-state index in [2.05, 4.69) is 96.7 Å². The first-order chi connectivity index (χ1) is 16.2. The van der Waals surface area contributed by atoms with Crippen LogP contribution >= 0.6 is 24.0 Å². The number of hydrogen-bond donors (Lipinski definition) is 3. The van der Waals surface area contributed by atoms with Crippen molar-refractivity contribution >= 4 is 46.8 Å². The summed E-state index contributed by atoms with van der Waals surface area (Å²) in [6.45, 7) is 2.17. The van der Waals surface area contributed by atoms with Gasteiger partial charge in [0.2, 0.25) is 0 Å². The van der Waals surface area contributed by atoms with Crippen molar-refractivity contribution in [3.63, 3.8) is 0 Å². The molecule has 0 aliphatic rings. The minimum absolute atomic E-state index is 0. The Kier molecular flexibility index (Phi) is 9.62. The molecule has 4 rings (SSSR count). The number of rotatable bonds is 9. The van der Waals surface area contributed by atoms with Gasteiger partial charge in [-0.3, -0.25) is 9.67 Å². The number of guanidine groups is 1. The van der Waals surface area contributed by atoms with Crippen molar-refractivity contribution in [1.29, 1.82) is 0 Å². The van der Waals surface area contributed by atoms with Crippen molar-refractivity contribution in [3.8, 4) is 0 Å². The number of aryl methyl sites for hydroxylation is 1. The standard InChI is InChI=1S/C25H30N8.HI/c1-26-25(28-14-13-27-23-22-17-32-33(2)24(22)31-18-30-23)29-16-21(20-11-7-4-8-12-20)15-19-9-5-3-6-10-19;/h3-12,17-18,21H,13-16H2,1-2H3,(H2,26,28,29)(H,27,30,31);1H. The zero-order valence-corrected chi connectivity index (χ0v) is 21.8. The molecule has 8 nitrogen and oxygen atoms in total. The summed E-state index contributed by atoms with van der Waals surface area (Å²) in [7, 11) is 3.66. The average Bonchev–Trinajstić information content (AvgIpc) is 3.25. The maximum atomic E-state index is 4.39. The molecule has 1 unspecified atom stereocenters. The summed E-state index contributed by atoms with van der Waals surface area (Å²) in [5.41, 5.74) is 3.45. The number of anilines is 1. The van der Waals surface area contributed by atoms with E-state index in [0.29, 0.717) is 19.0 Å². The lowest BCUT2D eigenvalue weighted by Crippen LogP contribution is -2.41. The highest BCUT2D eigenvalue weighted by molar-refractivity contribution is 14.0. The lowest BCUT2D eigenvalue weighted by atomic mass is 9.92. The molecule has 0 aliphatic carbocycles. The number of aliphatic imine (C=N–C) groups is 1. The van der Waals surface area contributed by atoms with Gasteiger partial charge in [0.15, 0.2) is 11.6 Å². The second kappa shape index (κ2) is 12.9. The molecule has 0 spiro atoms. The third-order valence-electron chi connectivity index (χ3n) is 5.57. The van der Waals surface area contributed by atoms with Crippen LogP contribution in [0.3, 0.4) is 0 Å². The highest BCUT2D eigenvalue weighted by Gasteiger charge is 2.13. The number of fused-ring (bicyclic) bond motifs is 1. The van der Waals surface area contributed by atoms with Gasteiger partial charge in [0, 0.05) is 39.6 Å². The number of aromatic nitrogens is 4. The molecule has 0 saturated carbocycles. The van der Waals surface area contributed by atoms with Crippen LogP contribution in [0, 0.1) is 0 Å². The predicted molar refractivity (Wildman–Crippen MR) is 149 cm³/mol. The number of halogens is 1. The Morgan fingerprint density at radius 3 is 2.44 bits per heavy atom. The molecular formula is C25H31IN8. The van der Waals surface area contributed by atoms with E-state index in [4.69, 9.17) is 0 Å². The van der Waals surface area contributed by atoms with Crippen LogP contribution in [0.1, 0.15) is 17.0 Å². The van der Waals surface area contributed by atoms with E-state index < -0.39 is 0 Å². The van der Waals surface area contributed by atoms with E-state index >= 15 is 0 Å². The molecule has 34 heavy (non-hydrogen) atoms. The van der Waals surface area contributed by atoms with Crippen molar-refractivity contribution in [2.75, 3.05) is 32.0 Å². The minimum atomic E-state index is 0. The summed E-state index contributed by atoms with van der Waals surface area (Å²) in [5.74, 6) is 1.90. The maximum Gasteiger partial charge on any atom is 0.191 e. The first-order valence-electron chi connectivity index (χ1n) is 11.1. The van der Waals surface area contributed by atoms with Gasteiger partial charge in [0.25, 0.3) is 0 Å². The van der Waals surface area contributed by atoms with E-state index in [1.807, 2.05) is 7.05 Å². The van der Waals surface area contributed by atoms with Gasteiger partial charge >= 0.3 is 0 Å².